The maximum Gasteiger partial charge on any atom is 0.253 e. The molecule has 2 heterocycles. The number of amides is 1. The van der Waals surface area contributed by atoms with Crippen LogP contribution in [0, 0.1) is 11.7 Å². The van der Waals surface area contributed by atoms with Crippen LogP contribution in [-0.4, -0.2) is 60.1 Å². The molecule has 0 saturated carbocycles. The van der Waals surface area contributed by atoms with E-state index in [2.05, 4.69) is 29.8 Å². The zero-order valence-electron chi connectivity index (χ0n) is 20.0. The number of hydrogen-bond donors (Lipinski definition) is 0. The van der Waals surface area contributed by atoms with Crippen LogP contribution in [0.25, 0.3) is 10.9 Å². The van der Waals surface area contributed by atoms with Crippen molar-refractivity contribution in [3.63, 3.8) is 0 Å². The fourth-order valence-corrected chi connectivity index (χ4v) is 4.38. The first-order valence-electron chi connectivity index (χ1n) is 11.7. The number of ether oxygens (including phenoxy) is 2. The Bertz CT molecular complexity index is 1140. The van der Waals surface area contributed by atoms with E-state index in [1.54, 1.807) is 18.3 Å². The molecule has 1 amide bonds. The van der Waals surface area contributed by atoms with E-state index in [1.807, 2.05) is 29.2 Å². The summed E-state index contributed by atoms with van der Waals surface area (Å²) in [5.41, 5.74) is 2.95. The minimum Gasteiger partial charge on any atom is -0.494 e. The number of halogens is 1. The number of pyridine rings is 1. The van der Waals surface area contributed by atoms with Crippen LogP contribution in [0.1, 0.15) is 25.0 Å². The van der Waals surface area contributed by atoms with Gasteiger partial charge in [-0.3, -0.25) is 14.7 Å². The van der Waals surface area contributed by atoms with E-state index in [4.69, 9.17) is 9.47 Å². The first-order chi connectivity index (χ1) is 16.4. The number of morpholine rings is 1. The van der Waals surface area contributed by atoms with E-state index < -0.39 is 6.10 Å². The first-order valence-corrected chi connectivity index (χ1v) is 11.7. The molecule has 4 rings (SSSR count). The van der Waals surface area contributed by atoms with E-state index in [0.29, 0.717) is 45.2 Å². The largest absolute Gasteiger partial charge is 0.494 e. The molecule has 6 nitrogen and oxygen atoms in total. The molecule has 0 N–H and O–H groups in total. The lowest BCUT2D eigenvalue weighted by Crippen LogP contribution is -2.51. The standard InChI is InChI=1S/C27H32FN3O3/c1-19(2)15-31(17-20-7-9-24-22(13-20)5-4-10-29-24)27(32)26-18-30(11-12-34-26)16-21-6-8-23(28)25(14-21)33-3/h4-10,13-14,19,26H,11-12,15-18H2,1-3H3/t26-/m1/s1. The highest BCUT2D eigenvalue weighted by Crippen LogP contribution is 2.21. The van der Waals surface area contributed by atoms with Crippen LogP contribution in [0.2, 0.25) is 0 Å². The van der Waals surface area contributed by atoms with Crippen LogP contribution in [0.4, 0.5) is 4.39 Å². The molecule has 0 aliphatic carbocycles. The Kier molecular flexibility index (Phi) is 7.75. The summed E-state index contributed by atoms with van der Waals surface area (Å²) in [4.78, 5) is 22.0. The molecular weight excluding hydrogens is 433 g/mol. The molecule has 1 saturated heterocycles. The normalized spacial score (nSPS) is 16.7. The Labute approximate surface area is 200 Å². The number of methoxy groups -OCH3 is 1. The molecule has 0 spiro atoms. The third kappa shape index (κ3) is 5.90. The number of hydrogen-bond acceptors (Lipinski definition) is 5. The molecule has 1 aliphatic rings. The molecule has 34 heavy (non-hydrogen) atoms. The summed E-state index contributed by atoms with van der Waals surface area (Å²) < 4.78 is 24.8. The van der Waals surface area contributed by atoms with Gasteiger partial charge in [0, 0.05) is 44.3 Å². The van der Waals surface area contributed by atoms with Gasteiger partial charge in [0.15, 0.2) is 11.6 Å². The van der Waals surface area contributed by atoms with E-state index in [1.165, 1.54) is 13.2 Å². The quantitative estimate of drug-likeness (QED) is 0.497. The van der Waals surface area contributed by atoms with Crippen LogP contribution < -0.4 is 4.74 Å². The highest BCUT2D eigenvalue weighted by atomic mass is 19.1. The van der Waals surface area contributed by atoms with Crippen LogP contribution in [0.15, 0.2) is 54.7 Å². The minimum absolute atomic E-state index is 0.00127. The SMILES string of the molecule is COc1cc(CN2CCO[C@@H](C(=O)N(Cc3ccc4ncccc4c3)CC(C)C)C2)ccc1F. The predicted molar refractivity (Wildman–Crippen MR) is 130 cm³/mol. The smallest absolute Gasteiger partial charge is 0.253 e. The second-order valence-electron chi connectivity index (χ2n) is 9.21. The third-order valence-corrected chi connectivity index (χ3v) is 5.99. The summed E-state index contributed by atoms with van der Waals surface area (Å²) in [7, 11) is 1.46. The van der Waals surface area contributed by atoms with Gasteiger partial charge >= 0.3 is 0 Å². The van der Waals surface area contributed by atoms with Gasteiger partial charge in [0.1, 0.15) is 6.10 Å². The molecule has 1 aliphatic heterocycles. The molecule has 7 heteroatoms. The van der Waals surface area contributed by atoms with Crippen molar-refractivity contribution in [2.24, 2.45) is 5.92 Å². The summed E-state index contributed by atoms with van der Waals surface area (Å²) in [5, 5.41) is 1.06. The van der Waals surface area contributed by atoms with E-state index in [9.17, 15) is 9.18 Å². The van der Waals surface area contributed by atoms with Gasteiger partial charge in [0.2, 0.25) is 0 Å². The Morgan fingerprint density at radius 3 is 2.85 bits per heavy atom. The highest BCUT2D eigenvalue weighted by molar-refractivity contribution is 5.82. The second kappa shape index (κ2) is 10.9. The van der Waals surface area contributed by atoms with Crippen molar-refractivity contribution in [3.05, 3.63) is 71.7 Å². The van der Waals surface area contributed by atoms with Gasteiger partial charge in [-0.1, -0.05) is 32.0 Å². The van der Waals surface area contributed by atoms with Crippen LogP contribution >= 0.6 is 0 Å². The average molecular weight is 466 g/mol. The molecule has 3 aromatic rings. The zero-order valence-corrected chi connectivity index (χ0v) is 20.0. The Morgan fingerprint density at radius 2 is 2.06 bits per heavy atom. The molecule has 180 valence electrons. The van der Waals surface area contributed by atoms with Gasteiger partial charge in [0.05, 0.1) is 19.2 Å². The maximum atomic E-state index is 13.8. The molecule has 1 atom stereocenters. The molecule has 1 fully saturated rings. The number of aromatic nitrogens is 1. The molecule has 2 aromatic carbocycles. The molecule has 0 unspecified atom stereocenters. The molecule has 0 radical (unpaired) electrons. The number of carbonyl (C=O) groups is 1. The third-order valence-electron chi connectivity index (χ3n) is 5.99. The van der Waals surface area contributed by atoms with Crippen LogP contribution in [-0.2, 0) is 22.6 Å². The van der Waals surface area contributed by atoms with Crippen LogP contribution in [0.3, 0.4) is 0 Å². The van der Waals surface area contributed by atoms with Gasteiger partial charge in [-0.05, 0) is 47.4 Å². The Balaban J connectivity index is 1.46. The summed E-state index contributed by atoms with van der Waals surface area (Å²) in [5.74, 6) is 0.181. The van der Waals surface area contributed by atoms with Crippen LogP contribution in [0.5, 0.6) is 5.75 Å². The maximum absolute atomic E-state index is 13.8. The van der Waals surface area contributed by atoms with Crippen molar-refractivity contribution in [3.8, 4) is 5.75 Å². The minimum atomic E-state index is -0.531. The lowest BCUT2D eigenvalue weighted by Gasteiger charge is -2.35. The lowest BCUT2D eigenvalue weighted by atomic mass is 10.1. The van der Waals surface area contributed by atoms with Gasteiger partial charge in [-0.2, -0.15) is 0 Å². The average Bonchev–Trinajstić information content (AvgIpc) is 2.84. The van der Waals surface area contributed by atoms with Crippen molar-refractivity contribution >= 4 is 16.8 Å². The summed E-state index contributed by atoms with van der Waals surface area (Å²) in [6.45, 7) is 7.69. The number of rotatable bonds is 8. The highest BCUT2D eigenvalue weighted by Gasteiger charge is 2.31. The molecule has 1 aromatic heterocycles. The number of carbonyl (C=O) groups excluding carboxylic acids is 1. The van der Waals surface area contributed by atoms with E-state index >= 15 is 0 Å². The van der Waals surface area contributed by atoms with Gasteiger partial charge in [-0.25, -0.2) is 4.39 Å². The fraction of sp³-hybridized carbons (Fsp3) is 0.407. The second-order valence-corrected chi connectivity index (χ2v) is 9.21. The number of fused-ring (bicyclic) bond motifs is 1. The van der Waals surface area contributed by atoms with Crippen molar-refractivity contribution in [2.75, 3.05) is 33.4 Å². The fourth-order valence-electron chi connectivity index (χ4n) is 4.38. The van der Waals surface area contributed by atoms with Gasteiger partial charge in [0.25, 0.3) is 5.91 Å². The summed E-state index contributed by atoms with van der Waals surface area (Å²) in [6.07, 6.45) is 1.25. The monoisotopic (exact) mass is 465 g/mol. The van der Waals surface area contributed by atoms with Crippen molar-refractivity contribution in [1.29, 1.82) is 0 Å². The van der Waals surface area contributed by atoms with E-state index in [-0.39, 0.29) is 17.5 Å². The summed E-state index contributed by atoms with van der Waals surface area (Å²) in [6, 6.07) is 15.0. The summed E-state index contributed by atoms with van der Waals surface area (Å²) >= 11 is 0. The number of nitrogens with zero attached hydrogens (tertiary/aromatic N) is 3. The topological polar surface area (TPSA) is 54.9 Å². The predicted octanol–water partition coefficient (Wildman–Crippen LogP) is 4.27. The van der Waals surface area contributed by atoms with Crippen molar-refractivity contribution in [1.82, 2.24) is 14.8 Å². The lowest BCUT2D eigenvalue weighted by molar-refractivity contribution is -0.151. The van der Waals surface area contributed by atoms with Crippen molar-refractivity contribution < 1.29 is 18.7 Å². The zero-order chi connectivity index (χ0) is 24.1. The molecule has 0 bridgehead atoms. The van der Waals surface area contributed by atoms with Gasteiger partial charge in [-0.15, -0.1) is 0 Å². The Hall–Kier alpha value is -3.03. The molecular formula is C27H32FN3O3. The first kappa shape index (κ1) is 24.1. The van der Waals surface area contributed by atoms with Gasteiger partial charge < -0.3 is 14.4 Å². The Morgan fingerprint density at radius 1 is 1.24 bits per heavy atom. The van der Waals surface area contributed by atoms with E-state index in [0.717, 1.165) is 22.0 Å². The number of benzene rings is 2. The van der Waals surface area contributed by atoms with Crippen molar-refractivity contribution in [2.45, 2.75) is 33.0 Å².